The number of nitrogens with one attached hydrogen (secondary N) is 2. The summed E-state index contributed by atoms with van der Waals surface area (Å²) in [5.41, 5.74) is 4.18. The molecule has 7 nitrogen and oxygen atoms in total. The molecule has 2 atom stereocenters. The second-order valence-corrected chi connectivity index (χ2v) is 9.08. The van der Waals surface area contributed by atoms with Crippen molar-refractivity contribution in [3.05, 3.63) is 94.0 Å². The zero-order valence-electron chi connectivity index (χ0n) is 20.6. The largest absolute Gasteiger partial charge is 0.494 e. The smallest absolute Gasteiger partial charge is 0.262 e. The van der Waals surface area contributed by atoms with Crippen molar-refractivity contribution >= 4 is 41.2 Å². The number of amides is 2. The molecule has 0 aliphatic carbocycles. The summed E-state index contributed by atoms with van der Waals surface area (Å²) in [6.45, 7) is 4.26. The zero-order valence-corrected chi connectivity index (χ0v) is 22.1. The molecule has 3 aromatic carbocycles. The van der Waals surface area contributed by atoms with Crippen LogP contribution in [0.4, 0.5) is 0 Å². The Labute approximate surface area is 226 Å². The Morgan fingerprint density at radius 1 is 1.00 bits per heavy atom. The van der Waals surface area contributed by atoms with Crippen LogP contribution in [0.3, 0.4) is 0 Å². The molecule has 2 N–H and O–H groups in total. The highest BCUT2D eigenvalue weighted by atomic mass is 35.5. The van der Waals surface area contributed by atoms with E-state index in [4.69, 9.17) is 32.7 Å². The van der Waals surface area contributed by atoms with Crippen molar-refractivity contribution in [3.8, 4) is 11.5 Å². The molecule has 0 heterocycles. The number of hydrazone groups is 1. The van der Waals surface area contributed by atoms with E-state index < -0.39 is 24.0 Å². The first-order valence-corrected chi connectivity index (χ1v) is 12.6. The lowest BCUT2D eigenvalue weighted by atomic mass is 10.1. The van der Waals surface area contributed by atoms with Crippen molar-refractivity contribution in [3.63, 3.8) is 0 Å². The fourth-order valence-corrected chi connectivity index (χ4v) is 3.73. The SMILES string of the molecule is CCCOc1ccc(/C=N\NC(=O)[C@@H](Cc2ccccc2)NC(=O)[C@H](C)Oc2ccc(Cl)cc2Cl)cc1. The predicted octanol–water partition coefficient (Wildman–Crippen LogP) is 5.43. The van der Waals surface area contributed by atoms with Crippen LogP contribution in [0, 0.1) is 0 Å². The van der Waals surface area contributed by atoms with Crippen LogP contribution in [0.15, 0.2) is 77.9 Å². The second-order valence-electron chi connectivity index (χ2n) is 8.24. The van der Waals surface area contributed by atoms with Crippen LogP contribution in [0.25, 0.3) is 0 Å². The van der Waals surface area contributed by atoms with E-state index in [9.17, 15) is 9.59 Å². The normalized spacial score (nSPS) is 12.5. The molecule has 0 saturated carbocycles. The molecule has 0 aliphatic heterocycles. The summed E-state index contributed by atoms with van der Waals surface area (Å²) in [5, 5.41) is 7.55. The van der Waals surface area contributed by atoms with Gasteiger partial charge >= 0.3 is 0 Å². The summed E-state index contributed by atoms with van der Waals surface area (Å²) in [6, 6.07) is 20.6. The van der Waals surface area contributed by atoms with Gasteiger partial charge in [-0.2, -0.15) is 5.10 Å². The number of halogens is 2. The van der Waals surface area contributed by atoms with Crippen LogP contribution in [0.1, 0.15) is 31.4 Å². The molecule has 9 heteroatoms. The van der Waals surface area contributed by atoms with Crippen LogP contribution < -0.4 is 20.2 Å². The molecule has 0 aromatic heterocycles. The number of rotatable bonds is 12. The number of hydrogen-bond donors (Lipinski definition) is 2. The fourth-order valence-electron chi connectivity index (χ4n) is 3.28. The average molecular weight is 542 g/mol. The minimum Gasteiger partial charge on any atom is -0.494 e. The molecule has 0 radical (unpaired) electrons. The number of hydrogen-bond acceptors (Lipinski definition) is 5. The van der Waals surface area contributed by atoms with Crippen LogP contribution >= 0.6 is 23.2 Å². The van der Waals surface area contributed by atoms with Gasteiger partial charge in [0.15, 0.2) is 6.10 Å². The molecule has 3 rings (SSSR count). The Balaban J connectivity index is 1.64. The van der Waals surface area contributed by atoms with Crippen molar-refractivity contribution in [2.24, 2.45) is 5.10 Å². The number of ether oxygens (including phenoxy) is 2. The van der Waals surface area contributed by atoms with Crippen molar-refractivity contribution in [2.75, 3.05) is 6.61 Å². The standard InChI is InChI=1S/C28H29Cl2N3O4/c1-3-15-36-23-12-9-21(10-13-23)18-31-33-28(35)25(16-20-7-5-4-6-8-20)32-27(34)19(2)37-26-14-11-22(29)17-24(26)30/h4-14,17-19,25H,3,15-16H2,1-2H3,(H,32,34)(H,33,35)/b31-18-/t19-,25+/m0/s1. The van der Waals surface area contributed by atoms with Gasteiger partial charge in [0.1, 0.15) is 17.5 Å². The minimum atomic E-state index is -0.915. The molecule has 0 aliphatic rings. The van der Waals surface area contributed by atoms with Crippen LogP contribution in [0.5, 0.6) is 11.5 Å². The van der Waals surface area contributed by atoms with Gasteiger partial charge in [0.05, 0.1) is 17.8 Å². The Kier molecular flexibility index (Phi) is 10.8. The summed E-state index contributed by atoms with van der Waals surface area (Å²) in [7, 11) is 0. The Morgan fingerprint density at radius 2 is 1.73 bits per heavy atom. The quantitative estimate of drug-likeness (QED) is 0.236. The van der Waals surface area contributed by atoms with Crippen molar-refractivity contribution < 1.29 is 19.1 Å². The lowest BCUT2D eigenvalue weighted by molar-refractivity contribution is -0.132. The third kappa shape index (κ3) is 9.12. The lowest BCUT2D eigenvalue weighted by Gasteiger charge is -2.21. The first kappa shape index (κ1) is 28.0. The maximum Gasteiger partial charge on any atom is 0.262 e. The third-order valence-corrected chi connectivity index (χ3v) is 5.75. The van der Waals surface area contributed by atoms with Gasteiger partial charge in [0.2, 0.25) is 0 Å². The highest BCUT2D eigenvalue weighted by molar-refractivity contribution is 6.35. The van der Waals surface area contributed by atoms with Gasteiger partial charge in [-0.1, -0.05) is 60.5 Å². The summed E-state index contributed by atoms with van der Waals surface area (Å²) in [5.74, 6) is 0.139. The van der Waals surface area contributed by atoms with Crippen LogP contribution in [-0.2, 0) is 16.0 Å². The number of carbonyl (C=O) groups is 2. The molecular formula is C28H29Cl2N3O4. The van der Waals surface area contributed by atoms with Gasteiger partial charge in [-0.3, -0.25) is 9.59 Å². The molecule has 0 unspecified atom stereocenters. The number of benzene rings is 3. The fraction of sp³-hybridized carbons (Fsp3) is 0.250. The van der Waals surface area contributed by atoms with Crippen molar-refractivity contribution in [1.82, 2.24) is 10.7 Å². The molecule has 0 saturated heterocycles. The van der Waals surface area contributed by atoms with E-state index in [0.717, 1.165) is 23.3 Å². The highest BCUT2D eigenvalue weighted by Crippen LogP contribution is 2.28. The van der Waals surface area contributed by atoms with Gasteiger partial charge in [0, 0.05) is 11.4 Å². The molecule has 194 valence electrons. The van der Waals surface area contributed by atoms with Gasteiger partial charge in [-0.15, -0.1) is 0 Å². The molecule has 0 spiro atoms. The number of carbonyl (C=O) groups excluding carboxylic acids is 2. The Bertz CT molecular complexity index is 1200. The molecule has 0 fully saturated rings. The van der Waals surface area contributed by atoms with E-state index in [1.54, 1.807) is 19.1 Å². The van der Waals surface area contributed by atoms with E-state index in [1.807, 2.05) is 61.5 Å². The topological polar surface area (TPSA) is 89.0 Å². The van der Waals surface area contributed by atoms with E-state index in [-0.39, 0.29) is 11.4 Å². The van der Waals surface area contributed by atoms with Crippen molar-refractivity contribution in [2.45, 2.75) is 38.8 Å². The molecule has 0 bridgehead atoms. The van der Waals surface area contributed by atoms with E-state index in [1.165, 1.54) is 12.3 Å². The number of nitrogens with zero attached hydrogens (tertiary/aromatic N) is 1. The molecule has 2 amide bonds. The van der Waals surface area contributed by atoms with E-state index >= 15 is 0 Å². The Hall–Kier alpha value is -3.55. The Morgan fingerprint density at radius 3 is 2.41 bits per heavy atom. The van der Waals surface area contributed by atoms with Gasteiger partial charge in [-0.05, 0) is 66.9 Å². The van der Waals surface area contributed by atoms with Gasteiger partial charge in [-0.25, -0.2) is 5.43 Å². The predicted molar refractivity (Wildman–Crippen MR) is 147 cm³/mol. The van der Waals surface area contributed by atoms with Gasteiger partial charge < -0.3 is 14.8 Å². The maximum atomic E-state index is 13.0. The first-order valence-electron chi connectivity index (χ1n) is 11.9. The summed E-state index contributed by atoms with van der Waals surface area (Å²) in [6.07, 6.45) is 1.81. The lowest BCUT2D eigenvalue weighted by Crippen LogP contribution is -2.50. The minimum absolute atomic E-state index is 0.270. The summed E-state index contributed by atoms with van der Waals surface area (Å²) in [4.78, 5) is 25.9. The second kappa shape index (κ2) is 14.3. The first-order chi connectivity index (χ1) is 17.9. The molecule has 3 aromatic rings. The summed E-state index contributed by atoms with van der Waals surface area (Å²) < 4.78 is 11.3. The zero-order chi connectivity index (χ0) is 26.6. The monoisotopic (exact) mass is 541 g/mol. The van der Waals surface area contributed by atoms with E-state index in [0.29, 0.717) is 17.4 Å². The third-order valence-electron chi connectivity index (χ3n) is 5.22. The maximum absolute atomic E-state index is 13.0. The van der Waals surface area contributed by atoms with E-state index in [2.05, 4.69) is 15.8 Å². The summed E-state index contributed by atoms with van der Waals surface area (Å²) >= 11 is 12.1. The highest BCUT2D eigenvalue weighted by Gasteiger charge is 2.25. The average Bonchev–Trinajstić information content (AvgIpc) is 2.89. The van der Waals surface area contributed by atoms with Crippen molar-refractivity contribution in [1.29, 1.82) is 0 Å². The van der Waals surface area contributed by atoms with Crippen LogP contribution in [-0.4, -0.2) is 36.8 Å². The van der Waals surface area contributed by atoms with Gasteiger partial charge in [0.25, 0.3) is 11.8 Å². The van der Waals surface area contributed by atoms with Crippen LogP contribution in [0.2, 0.25) is 10.0 Å². The molecular weight excluding hydrogens is 513 g/mol. The molecule has 37 heavy (non-hydrogen) atoms.